The van der Waals surface area contributed by atoms with E-state index in [0.29, 0.717) is 0 Å². The molecule has 9 heteroatoms. The van der Waals surface area contributed by atoms with Crippen LogP contribution in [0.3, 0.4) is 0 Å². The van der Waals surface area contributed by atoms with Crippen molar-refractivity contribution in [1.82, 2.24) is 10.3 Å². The number of halogens is 3. The summed E-state index contributed by atoms with van der Waals surface area (Å²) in [6.45, 7) is 1.99. The molecule has 2 aromatic rings. The van der Waals surface area contributed by atoms with Crippen molar-refractivity contribution in [3.05, 3.63) is 47.7 Å². The van der Waals surface area contributed by atoms with Gasteiger partial charge in [-0.2, -0.15) is 0 Å². The van der Waals surface area contributed by atoms with Crippen LogP contribution in [-0.4, -0.2) is 43.4 Å². The number of carbonyl (C=O) groups excluding carboxylic acids is 1. The van der Waals surface area contributed by atoms with E-state index in [4.69, 9.17) is 0 Å². The highest BCUT2D eigenvalue weighted by molar-refractivity contribution is 5.94. The van der Waals surface area contributed by atoms with Crippen molar-refractivity contribution in [1.29, 1.82) is 0 Å². The highest BCUT2D eigenvalue weighted by Gasteiger charge is 2.31. The summed E-state index contributed by atoms with van der Waals surface area (Å²) in [7, 11) is 3.93. The Morgan fingerprint density at radius 2 is 1.87 bits per heavy atom. The molecule has 2 N–H and O–H groups in total. The predicted molar refractivity (Wildman–Crippen MR) is 114 cm³/mol. The number of ether oxygens (including phenoxy) is 1. The number of benzene rings is 1. The van der Waals surface area contributed by atoms with Gasteiger partial charge >= 0.3 is 6.36 Å². The molecule has 168 valence electrons. The maximum Gasteiger partial charge on any atom is 0.573 e. The average molecular weight is 436 g/mol. The van der Waals surface area contributed by atoms with Gasteiger partial charge in [-0.1, -0.05) is 18.9 Å². The number of aromatic nitrogens is 1. The third-order valence-electron chi connectivity index (χ3n) is 5.30. The van der Waals surface area contributed by atoms with Crippen LogP contribution in [0.25, 0.3) is 0 Å². The van der Waals surface area contributed by atoms with E-state index in [2.05, 4.69) is 20.4 Å². The summed E-state index contributed by atoms with van der Waals surface area (Å²) in [4.78, 5) is 19.2. The lowest BCUT2D eigenvalue weighted by atomic mass is 9.90. The normalized spacial score (nSPS) is 18.9. The third kappa shape index (κ3) is 6.26. The molecule has 1 aliphatic carbocycles. The van der Waals surface area contributed by atoms with E-state index in [1.807, 2.05) is 32.0 Å². The Kier molecular flexibility index (Phi) is 6.92. The lowest BCUT2D eigenvalue weighted by molar-refractivity contribution is -0.274. The van der Waals surface area contributed by atoms with Crippen LogP contribution in [0.5, 0.6) is 5.75 Å². The number of nitrogens with one attached hydrogen (secondary N) is 2. The van der Waals surface area contributed by atoms with Crippen LogP contribution in [0.15, 0.2) is 36.5 Å². The minimum Gasteiger partial charge on any atom is -0.406 e. The minimum absolute atomic E-state index is 0.0301. The molecule has 3 rings (SSSR count). The smallest absolute Gasteiger partial charge is 0.406 e. The standard InChI is InChI=1S/C22H27F3N4O2/c1-14-13-26-20(12-19(14)29(2)3)27-17-9-4-5-10-18(17)28-21(30)15-7-6-8-16(11-15)31-22(23,24)25/h6-8,11-13,17-18H,4-5,9-10H2,1-3H3,(H,26,27)(H,28,30). The molecule has 0 spiro atoms. The molecule has 0 radical (unpaired) electrons. The fourth-order valence-corrected chi connectivity index (χ4v) is 3.83. The molecular formula is C22H27F3N4O2. The van der Waals surface area contributed by atoms with E-state index < -0.39 is 18.0 Å². The van der Waals surface area contributed by atoms with Gasteiger partial charge in [0.15, 0.2) is 0 Å². The molecule has 1 heterocycles. The van der Waals surface area contributed by atoms with E-state index in [1.54, 1.807) is 6.20 Å². The van der Waals surface area contributed by atoms with Crippen molar-refractivity contribution in [2.24, 2.45) is 0 Å². The van der Waals surface area contributed by atoms with E-state index in [-0.39, 0.29) is 17.6 Å². The Hall–Kier alpha value is -2.97. The highest BCUT2D eigenvalue weighted by atomic mass is 19.4. The first-order valence-electron chi connectivity index (χ1n) is 10.2. The van der Waals surface area contributed by atoms with Crippen LogP contribution in [0.1, 0.15) is 41.6 Å². The van der Waals surface area contributed by atoms with Gasteiger partial charge in [0.05, 0.1) is 0 Å². The van der Waals surface area contributed by atoms with E-state index in [9.17, 15) is 18.0 Å². The summed E-state index contributed by atoms with van der Waals surface area (Å²) in [5, 5.41) is 6.39. The Labute approximate surface area is 179 Å². The van der Waals surface area contributed by atoms with Crippen molar-refractivity contribution in [2.75, 3.05) is 24.3 Å². The summed E-state index contributed by atoms with van der Waals surface area (Å²) >= 11 is 0. The molecule has 1 amide bonds. The molecule has 1 aromatic carbocycles. The van der Waals surface area contributed by atoms with E-state index in [1.165, 1.54) is 18.2 Å². The zero-order valence-corrected chi connectivity index (χ0v) is 17.8. The van der Waals surface area contributed by atoms with Crippen LogP contribution < -0.4 is 20.3 Å². The number of alkyl halides is 3. The monoisotopic (exact) mass is 436 g/mol. The zero-order valence-electron chi connectivity index (χ0n) is 17.8. The molecule has 0 bridgehead atoms. The number of hydrogen-bond acceptors (Lipinski definition) is 5. The van der Waals surface area contributed by atoms with Gasteiger partial charge in [0.1, 0.15) is 11.6 Å². The van der Waals surface area contributed by atoms with Crippen LogP contribution >= 0.6 is 0 Å². The molecule has 0 aliphatic heterocycles. The Morgan fingerprint density at radius 1 is 1.16 bits per heavy atom. The van der Waals surface area contributed by atoms with Gasteiger partial charge in [-0.15, -0.1) is 13.2 Å². The van der Waals surface area contributed by atoms with Gasteiger partial charge in [0.25, 0.3) is 5.91 Å². The lowest BCUT2D eigenvalue weighted by Crippen LogP contribution is -2.48. The number of nitrogens with zero attached hydrogens (tertiary/aromatic N) is 2. The van der Waals surface area contributed by atoms with Gasteiger partial charge < -0.3 is 20.3 Å². The molecule has 1 aromatic heterocycles. The summed E-state index contributed by atoms with van der Waals surface area (Å²) in [5.74, 6) is -0.128. The number of rotatable bonds is 6. The predicted octanol–water partition coefficient (Wildman–Crippen LogP) is 4.51. The van der Waals surface area contributed by atoms with E-state index in [0.717, 1.165) is 48.8 Å². The van der Waals surface area contributed by atoms with Gasteiger partial charge in [-0.3, -0.25) is 4.79 Å². The minimum atomic E-state index is -4.81. The van der Waals surface area contributed by atoms with Crippen LogP contribution in [0, 0.1) is 6.92 Å². The van der Waals surface area contributed by atoms with Crippen molar-refractivity contribution >= 4 is 17.4 Å². The first-order chi connectivity index (χ1) is 14.6. The topological polar surface area (TPSA) is 66.5 Å². The van der Waals surface area contributed by atoms with E-state index >= 15 is 0 Å². The molecule has 2 unspecified atom stereocenters. The molecule has 1 saturated carbocycles. The lowest BCUT2D eigenvalue weighted by Gasteiger charge is -2.33. The summed E-state index contributed by atoms with van der Waals surface area (Å²) < 4.78 is 41.3. The summed E-state index contributed by atoms with van der Waals surface area (Å²) in [6, 6.07) is 6.87. The largest absolute Gasteiger partial charge is 0.573 e. The SMILES string of the molecule is Cc1cnc(NC2CCCCC2NC(=O)c2cccc(OC(F)(F)F)c2)cc1N(C)C. The maximum absolute atomic E-state index is 12.7. The molecule has 6 nitrogen and oxygen atoms in total. The quantitative estimate of drug-likeness (QED) is 0.698. The number of aryl methyl sites for hydroxylation is 1. The van der Waals surface area contributed by atoms with Crippen molar-refractivity contribution in [2.45, 2.75) is 51.1 Å². The second-order valence-electron chi connectivity index (χ2n) is 7.94. The molecule has 31 heavy (non-hydrogen) atoms. The van der Waals surface area contributed by atoms with Crippen molar-refractivity contribution < 1.29 is 22.7 Å². The van der Waals surface area contributed by atoms with Gasteiger partial charge in [0, 0.05) is 49.7 Å². The van der Waals surface area contributed by atoms with Crippen LogP contribution in [-0.2, 0) is 0 Å². The number of pyridine rings is 1. The van der Waals surface area contributed by atoms with Gasteiger partial charge in [-0.05, 0) is 43.5 Å². The number of carbonyl (C=O) groups is 1. The fourth-order valence-electron chi connectivity index (χ4n) is 3.83. The van der Waals surface area contributed by atoms with Gasteiger partial charge in [-0.25, -0.2) is 4.98 Å². The second kappa shape index (κ2) is 9.45. The first kappa shape index (κ1) is 22.7. The van der Waals surface area contributed by atoms with Crippen molar-refractivity contribution in [3.8, 4) is 5.75 Å². The third-order valence-corrected chi connectivity index (χ3v) is 5.30. The van der Waals surface area contributed by atoms with Crippen LogP contribution in [0.4, 0.5) is 24.7 Å². The fraction of sp³-hybridized carbons (Fsp3) is 0.455. The number of hydrogen-bond donors (Lipinski definition) is 2. The van der Waals surface area contributed by atoms with Gasteiger partial charge in [0.2, 0.25) is 0 Å². The number of amides is 1. The summed E-state index contributed by atoms with van der Waals surface area (Å²) in [5.41, 5.74) is 2.23. The molecular weight excluding hydrogens is 409 g/mol. The highest BCUT2D eigenvalue weighted by Crippen LogP contribution is 2.26. The first-order valence-corrected chi connectivity index (χ1v) is 10.2. The molecule has 1 aliphatic rings. The molecule has 1 fully saturated rings. The van der Waals surface area contributed by atoms with Crippen LogP contribution in [0.2, 0.25) is 0 Å². The van der Waals surface area contributed by atoms with Crippen molar-refractivity contribution in [3.63, 3.8) is 0 Å². The Bertz CT molecular complexity index is 918. The number of anilines is 2. The Balaban J connectivity index is 1.71. The zero-order chi connectivity index (χ0) is 22.6. The second-order valence-corrected chi connectivity index (χ2v) is 7.94. The molecule has 0 saturated heterocycles. The molecule has 2 atom stereocenters. The Morgan fingerprint density at radius 3 is 2.55 bits per heavy atom. The maximum atomic E-state index is 12.7. The average Bonchev–Trinajstić information content (AvgIpc) is 2.69. The summed E-state index contributed by atoms with van der Waals surface area (Å²) in [6.07, 6.45) is 0.611.